The average molecular weight is 229 g/mol. The molecule has 1 atom stereocenters. The third-order valence-electron chi connectivity index (χ3n) is 2.38. The van der Waals surface area contributed by atoms with Gasteiger partial charge in [0.25, 0.3) is 0 Å². The summed E-state index contributed by atoms with van der Waals surface area (Å²) < 4.78 is 31.1. The van der Waals surface area contributed by atoms with E-state index in [4.69, 9.17) is 4.74 Å². The lowest BCUT2D eigenvalue weighted by atomic mass is 10.3. The maximum absolute atomic E-state index is 13.1. The Kier molecular flexibility index (Phi) is 5.19. The van der Waals surface area contributed by atoms with Gasteiger partial charge in [-0.05, 0) is 25.5 Å². The van der Waals surface area contributed by atoms with Crippen molar-refractivity contribution >= 4 is 0 Å². The highest BCUT2D eigenvalue weighted by Gasteiger charge is 2.08. The Balaban J connectivity index is 2.35. The lowest BCUT2D eigenvalue weighted by molar-refractivity contribution is 0.287. The van der Waals surface area contributed by atoms with Crippen LogP contribution in [0.25, 0.3) is 0 Å². The number of hydrogen-bond acceptors (Lipinski definition) is 2. The molecule has 0 heterocycles. The van der Waals surface area contributed by atoms with Crippen LogP contribution >= 0.6 is 0 Å². The molecule has 1 aromatic carbocycles. The lowest BCUT2D eigenvalue weighted by Crippen LogP contribution is -2.29. The minimum Gasteiger partial charge on any atom is -0.489 e. The second kappa shape index (κ2) is 6.43. The summed E-state index contributed by atoms with van der Waals surface area (Å²) in [6.07, 6.45) is 1.02. The minimum atomic E-state index is -0.925. The van der Waals surface area contributed by atoms with E-state index in [-0.39, 0.29) is 5.75 Å². The van der Waals surface area contributed by atoms with E-state index < -0.39 is 11.6 Å². The van der Waals surface area contributed by atoms with Crippen molar-refractivity contribution in [2.24, 2.45) is 0 Å². The Morgan fingerprint density at radius 3 is 2.81 bits per heavy atom. The molecular weight excluding hydrogens is 212 g/mol. The van der Waals surface area contributed by atoms with Gasteiger partial charge in [-0.15, -0.1) is 0 Å². The highest BCUT2D eigenvalue weighted by Crippen LogP contribution is 2.18. The first-order valence-corrected chi connectivity index (χ1v) is 5.45. The van der Waals surface area contributed by atoms with E-state index >= 15 is 0 Å². The van der Waals surface area contributed by atoms with Crippen molar-refractivity contribution in [3.8, 4) is 5.75 Å². The van der Waals surface area contributed by atoms with Crippen LogP contribution < -0.4 is 10.1 Å². The molecule has 0 fully saturated rings. The summed E-state index contributed by atoms with van der Waals surface area (Å²) in [5.74, 6) is -1.84. The van der Waals surface area contributed by atoms with Crippen molar-refractivity contribution < 1.29 is 13.5 Å². The number of halogens is 2. The van der Waals surface area contributed by atoms with E-state index in [1.165, 1.54) is 12.1 Å². The zero-order valence-electron chi connectivity index (χ0n) is 9.59. The first kappa shape index (κ1) is 12.9. The predicted octanol–water partition coefficient (Wildman–Crippen LogP) is 2.73. The molecule has 0 amide bonds. The molecule has 1 rings (SSSR count). The normalized spacial score (nSPS) is 12.5. The van der Waals surface area contributed by atoms with Gasteiger partial charge in [0.15, 0.2) is 11.6 Å². The quantitative estimate of drug-likeness (QED) is 0.757. The predicted molar refractivity (Wildman–Crippen MR) is 59.6 cm³/mol. The van der Waals surface area contributed by atoms with Crippen molar-refractivity contribution in [1.29, 1.82) is 0 Å². The topological polar surface area (TPSA) is 21.3 Å². The Morgan fingerprint density at radius 2 is 2.12 bits per heavy atom. The molecule has 4 heteroatoms. The summed E-state index contributed by atoms with van der Waals surface area (Å²) in [6.45, 7) is 5.07. The van der Waals surface area contributed by atoms with Crippen LogP contribution in [0.15, 0.2) is 18.2 Å². The first-order chi connectivity index (χ1) is 7.65. The molecule has 0 saturated heterocycles. The van der Waals surface area contributed by atoms with E-state index in [0.717, 1.165) is 12.5 Å². The zero-order valence-corrected chi connectivity index (χ0v) is 9.59. The zero-order chi connectivity index (χ0) is 12.0. The second-order valence-corrected chi connectivity index (χ2v) is 3.66. The fourth-order valence-corrected chi connectivity index (χ4v) is 1.21. The summed E-state index contributed by atoms with van der Waals surface area (Å²) in [4.78, 5) is 0. The average Bonchev–Trinajstić information content (AvgIpc) is 2.29. The van der Waals surface area contributed by atoms with E-state index in [0.29, 0.717) is 19.2 Å². The van der Waals surface area contributed by atoms with Crippen LogP contribution in [0.5, 0.6) is 5.75 Å². The van der Waals surface area contributed by atoms with Crippen LogP contribution in [0.1, 0.15) is 20.3 Å². The van der Waals surface area contributed by atoms with Crippen molar-refractivity contribution in [3.63, 3.8) is 0 Å². The Bertz CT molecular complexity index is 331. The van der Waals surface area contributed by atoms with Gasteiger partial charge in [0.2, 0.25) is 5.82 Å². The first-order valence-electron chi connectivity index (χ1n) is 5.45. The van der Waals surface area contributed by atoms with E-state index in [2.05, 4.69) is 19.2 Å². The van der Waals surface area contributed by atoms with E-state index in [9.17, 15) is 8.78 Å². The highest BCUT2D eigenvalue weighted by molar-refractivity contribution is 5.24. The van der Waals surface area contributed by atoms with E-state index in [1.54, 1.807) is 0 Å². The van der Waals surface area contributed by atoms with Crippen molar-refractivity contribution in [1.82, 2.24) is 5.32 Å². The highest BCUT2D eigenvalue weighted by atomic mass is 19.2. The van der Waals surface area contributed by atoms with Gasteiger partial charge in [-0.2, -0.15) is 4.39 Å². The van der Waals surface area contributed by atoms with Crippen LogP contribution in [0.3, 0.4) is 0 Å². The van der Waals surface area contributed by atoms with Crippen molar-refractivity contribution in [2.75, 3.05) is 13.2 Å². The van der Waals surface area contributed by atoms with Gasteiger partial charge >= 0.3 is 0 Å². The van der Waals surface area contributed by atoms with Crippen LogP contribution in [-0.4, -0.2) is 19.2 Å². The molecule has 2 nitrogen and oxygen atoms in total. The molecule has 0 aliphatic heterocycles. The molecule has 0 radical (unpaired) electrons. The molecule has 0 aliphatic rings. The van der Waals surface area contributed by atoms with Crippen LogP contribution in [-0.2, 0) is 0 Å². The molecule has 0 spiro atoms. The molecule has 0 aliphatic carbocycles. The molecule has 0 saturated carbocycles. The third kappa shape index (κ3) is 3.77. The van der Waals surface area contributed by atoms with Gasteiger partial charge in [-0.25, -0.2) is 4.39 Å². The van der Waals surface area contributed by atoms with Crippen molar-refractivity contribution in [2.45, 2.75) is 26.3 Å². The van der Waals surface area contributed by atoms with Crippen LogP contribution in [0.4, 0.5) is 8.78 Å². The summed E-state index contributed by atoms with van der Waals surface area (Å²) in [5.41, 5.74) is 0. The third-order valence-corrected chi connectivity index (χ3v) is 2.38. The monoisotopic (exact) mass is 229 g/mol. The maximum atomic E-state index is 13.1. The molecule has 1 unspecified atom stereocenters. The minimum absolute atomic E-state index is 0.0362. The van der Waals surface area contributed by atoms with Gasteiger partial charge < -0.3 is 10.1 Å². The molecule has 1 aromatic rings. The standard InChI is InChI=1S/C12H17F2NO/c1-3-9(2)15-7-8-16-11-6-4-5-10(13)12(11)14/h4-6,9,15H,3,7-8H2,1-2H3. The van der Waals surface area contributed by atoms with Crippen molar-refractivity contribution in [3.05, 3.63) is 29.8 Å². The van der Waals surface area contributed by atoms with Crippen LogP contribution in [0, 0.1) is 11.6 Å². The number of benzene rings is 1. The Morgan fingerprint density at radius 1 is 1.38 bits per heavy atom. The number of ether oxygens (including phenoxy) is 1. The molecule has 0 bridgehead atoms. The molecular formula is C12H17F2NO. The van der Waals surface area contributed by atoms with Gasteiger partial charge in [-0.1, -0.05) is 13.0 Å². The SMILES string of the molecule is CCC(C)NCCOc1cccc(F)c1F. The fourth-order valence-electron chi connectivity index (χ4n) is 1.21. The second-order valence-electron chi connectivity index (χ2n) is 3.66. The Hall–Kier alpha value is -1.16. The molecule has 0 aromatic heterocycles. The van der Waals surface area contributed by atoms with E-state index in [1.807, 2.05) is 0 Å². The maximum Gasteiger partial charge on any atom is 0.200 e. The largest absolute Gasteiger partial charge is 0.489 e. The Labute approximate surface area is 94.6 Å². The summed E-state index contributed by atoms with van der Waals surface area (Å²) >= 11 is 0. The molecule has 16 heavy (non-hydrogen) atoms. The lowest BCUT2D eigenvalue weighted by Gasteiger charge is -2.12. The molecule has 90 valence electrons. The fraction of sp³-hybridized carbons (Fsp3) is 0.500. The number of nitrogens with one attached hydrogen (secondary N) is 1. The molecule has 1 N–H and O–H groups in total. The summed E-state index contributed by atoms with van der Waals surface area (Å²) in [7, 11) is 0. The summed E-state index contributed by atoms with van der Waals surface area (Å²) in [6, 6.07) is 4.32. The van der Waals surface area contributed by atoms with Gasteiger partial charge in [0.05, 0.1) is 0 Å². The van der Waals surface area contributed by atoms with Crippen LogP contribution in [0.2, 0.25) is 0 Å². The van der Waals surface area contributed by atoms with Gasteiger partial charge in [-0.3, -0.25) is 0 Å². The number of hydrogen-bond donors (Lipinski definition) is 1. The summed E-state index contributed by atoms with van der Waals surface area (Å²) in [5, 5.41) is 3.20. The number of rotatable bonds is 6. The smallest absolute Gasteiger partial charge is 0.200 e. The van der Waals surface area contributed by atoms with Gasteiger partial charge in [0.1, 0.15) is 6.61 Å². The van der Waals surface area contributed by atoms with Gasteiger partial charge in [0, 0.05) is 12.6 Å².